The van der Waals surface area contributed by atoms with Crippen LogP contribution in [0.2, 0.25) is 0 Å². The minimum absolute atomic E-state index is 0.119. The van der Waals surface area contributed by atoms with Crippen molar-refractivity contribution in [2.75, 3.05) is 14.1 Å². The van der Waals surface area contributed by atoms with E-state index in [1.54, 1.807) is 26.5 Å². The second kappa shape index (κ2) is 3.60. The van der Waals surface area contributed by atoms with Gasteiger partial charge in [-0.3, -0.25) is 0 Å². The zero-order chi connectivity index (χ0) is 10.0. The van der Waals surface area contributed by atoms with Gasteiger partial charge in [0, 0.05) is 20.3 Å². The number of carbonyl (C=O) groups is 1. The lowest BCUT2D eigenvalue weighted by atomic mass is 10.1. The molecule has 1 rings (SSSR count). The summed E-state index contributed by atoms with van der Waals surface area (Å²) in [5, 5.41) is 3.98. The Kier molecular flexibility index (Phi) is 2.70. The first-order valence-corrected chi connectivity index (χ1v) is 4.28. The highest BCUT2D eigenvalue weighted by Gasteiger charge is 2.09. The quantitative estimate of drug-likeness (QED) is 0.659. The van der Waals surface area contributed by atoms with Crippen LogP contribution in [0.1, 0.15) is 25.3 Å². The van der Waals surface area contributed by atoms with Crippen LogP contribution < -0.4 is 0 Å². The van der Waals surface area contributed by atoms with Crippen LogP contribution in [0, 0.1) is 0 Å². The van der Waals surface area contributed by atoms with E-state index in [1.807, 2.05) is 0 Å². The molecule has 0 N–H and O–H groups in total. The molecule has 0 saturated heterocycles. The average molecular weight is 181 g/mol. The summed E-state index contributed by atoms with van der Waals surface area (Å²) in [6, 6.07) is -0.119. The van der Waals surface area contributed by atoms with Gasteiger partial charge in [-0.1, -0.05) is 13.8 Å². The van der Waals surface area contributed by atoms with Gasteiger partial charge in [-0.15, -0.1) is 0 Å². The third kappa shape index (κ3) is 2.08. The Balaban J connectivity index is 2.86. The van der Waals surface area contributed by atoms with Gasteiger partial charge >= 0.3 is 6.03 Å². The molecule has 1 heterocycles. The normalized spacial score (nSPS) is 10.5. The lowest BCUT2D eigenvalue weighted by molar-refractivity contribution is 0.216. The van der Waals surface area contributed by atoms with Crippen molar-refractivity contribution in [1.29, 1.82) is 0 Å². The first-order chi connectivity index (χ1) is 6.02. The van der Waals surface area contributed by atoms with Crippen LogP contribution in [0.3, 0.4) is 0 Å². The standard InChI is InChI=1S/C9H15N3O/c1-7(2)8-5-10-12(6-8)9(13)11(3)4/h5-7H,1-4H3. The minimum atomic E-state index is -0.119. The van der Waals surface area contributed by atoms with Crippen LogP contribution in [0.5, 0.6) is 0 Å². The van der Waals surface area contributed by atoms with E-state index in [2.05, 4.69) is 18.9 Å². The lowest BCUT2D eigenvalue weighted by Crippen LogP contribution is -2.27. The number of aromatic nitrogens is 2. The Labute approximate surface area is 78.1 Å². The molecule has 1 aromatic heterocycles. The monoisotopic (exact) mass is 181 g/mol. The van der Waals surface area contributed by atoms with Gasteiger partial charge in [-0.2, -0.15) is 9.78 Å². The second-order valence-corrected chi connectivity index (χ2v) is 3.55. The summed E-state index contributed by atoms with van der Waals surface area (Å²) in [6.45, 7) is 4.14. The van der Waals surface area contributed by atoms with E-state index in [0.29, 0.717) is 5.92 Å². The van der Waals surface area contributed by atoms with Crippen molar-refractivity contribution in [3.63, 3.8) is 0 Å². The molecular formula is C9H15N3O. The third-order valence-corrected chi connectivity index (χ3v) is 1.85. The van der Waals surface area contributed by atoms with Gasteiger partial charge in [0.05, 0.1) is 6.20 Å². The van der Waals surface area contributed by atoms with Gasteiger partial charge in [0.25, 0.3) is 0 Å². The fourth-order valence-electron chi connectivity index (χ4n) is 0.944. The molecule has 72 valence electrons. The molecule has 1 amide bonds. The number of hydrogen-bond acceptors (Lipinski definition) is 2. The number of hydrogen-bond donors (Lipinski definition) is 0. The topological polar surface area (TPSA) is 38.1 Å². The molecule has 4 nitrogen and oxygen atoms in total. The summed E-state index contributed by atoms with van der Waals surface area (Å²) in [5.74, 6) is 0.406. The summed E-state index contributed by atoms with van der Waals surface area (Å²) in [6.07, 6.45) is 3.50. The molecule has 0 aliphatic heterocycles. The molecule has 0 fully saturated rings. The fourth-order valence-corrected chi connectivity index (χ4v) is 0.944. The van der Waals surface area contributed by atoms with Gasteiger partial charge in [0.15, 0.2) is 0 Å². The first-order valence-electron chi connectivity index (χ1n) is 4.28. The number of rotatable bonds is 1. The van der Waals surface area contributed by atoms with Crippen molar-refractivity contribution in [1.82, 2.24) is 14.7 Å². The van der Waals surface area contributed by atoms with Crippen LogP contribution in [-0.4, -0.2) is 34.8 Å². The number of amides is 1. The van der Waals surface area contributed by atoms with Crippen molar-refractivity contribution in [3.05, 3.63) is 18.0 Å². The highest BCUT2D eigenvalue weighted by atomic mass is 16.2. The summed E-state index contributed by atoms with van der Waals surface area (Å²) in [7, 11) is 3.41. The van der Waals surface area contributed by atoms with E-state index in [0.717, 1.165) is 5.56 Å². The van der Waals surface area contributed by atoms with Gasteiger partial charge in [0.2, 0.25) is 0 Å². The number of carbonyl (C=O) groups excluding carboxylic acids is 1. The Morgan fingerprint density at radius 3 is 2.54 bits per heavy atom. The summed E-state index contributed by atoms with van der Waals surface area (Å²) >= 11 is 0. The zero-order valence-corrected chi connectivity index (χ0v) is 8.48. The maximum absolute atomic E-state index is 11.4. The van der Waals surface area contributed by atoms with Crippen molar-refractivity contribution < 1.29 is 4.79 Å². The van der Waals surface area contributed by atoms with E-state index in [-0.39, 0.29) is 6.03 Å². The predicted octanol–water partition coefficient (Wildman–Crippen LogP) is 1.54. The summed E-state index contributed by atoms with van der Waals surface area (Å²) in [5.41, 5.74) is 1.08. The smallest absolute Gasteiger partial charge is 0.329 e. The predicted molar refractivity (Wildman–Crippen MR) is 50.8 cm³/mol. The van der Waals surface area contributed by atoms with Gasteiger partial charge < -0.3 is 4.90 Å². The molecule has 0 unspecified atom stereocenters. The van der Waals surface area contributed by atoms with E-state index in [4.69, 9.17) is 0 Å². The maximum atomic E-state index is 11.4. The average Bonchev–Trinajstić information content (AvgIpc) is 2.50. The van der Waals surface area contributed by atoms with E-state index in [9.17, 15) is 4.79 Å². The van der Waals surface area contributed by atoms with E-state index in [1.165, 1.54) is 9.58 Å². The molecular weight excluding hydrogens is 166 g/mol. The lowest BCUT2D eigenvalue weighted by Gasteiger charge is -2.08. The van der Waals surface area contributed by atoms with Crippen LogP contribution in [0.25, 0.3) is 0 Å². The van der Waals surface area contributed by atoms with Crippen LogP contribution in [0.15, 0.2) is 12.4 Å². The SMILES string of the molecule is CC(C)c1cnn(C(=O)N(C)C)c1. The minimum Gasteiger partial charge on any atom is -0.329 e. The molecule has 0 saturated carbocycles. The molecule has 0 atom stereocenters. The van der Waals surface area contributed by atoms with Crippen LogP contribution in [0.4, 0.5) is 4.79 Å². The largest absolute Gasteiger partial charge is 0.344 e. The molecule has 0 spiro atoms. The molecule has 0 aromatic carbocycles. The van der Waals surface area contributed by atoms with Gasteiger partial charge in [0.1, 0.15) is 0 Å². The number of nitrogens with zero attached hydrogens (tertiary/aromatic N) is 3. The zero-order valence-electron chi connectivity index (χ0n) is 8.48. The van der Waals surface area contributed by atoms with E-state index >= 15 is 0 Å². The molecule has 0 aliphatic carbocycles. The Morgan fingerprint density at radius 2 is 2.15 bits per heavy atom. The van der Waals surface area contributed by atoms with Crippen LogP contribution in [-0.2, 0) is 0 Å². The van der Waals surface area contributed by atoms with Gasteiger partial charge in [-0.25, -0.2) is 4.79 Å². The summed E-state index contributed by atoms with van der Waals surface area (Å²) in [4.78, 5) is 12.9. The molecule has 0 aliphatic rings. The maximum Gasteiger partial charge on any atom is 0.344 e. The highest BCUT2D eigenvalue weighted by molar-refractivity contribution is 5.75. The Bertz CT molecular complexity index is 302. The molecule has 0 bridgehead atoms. The summed E-state index contributed by atoms with van der Waals surface area (Å²) < 4.78 is 1.36. The van der Waals surface area contributed by atoms with Gasteiger partial charge in [-0.05, 0) is 11.5 Å². The van der Waals surface area contributed by atoms with Crippen molar-refractivity contribution >= 4 is 6.03 Å². The van der Waals surface area contributed by atoms with Crippen molar-refractivity contribution in [2.45, 2.75) is 19.8 Å². The Hall–Kier alpha value is -1.32. The van der Waals surface area contributed by atoms with Crippen molar-refractivity contribution in [2.24, 2.45) is 0 Å². The van der Waals surface area contributed by atoms with Crippen LogP contribution >= 0.6 is 0 Å². The molecule has 1 aromatic rings. The second-order valence-electron chi connectivity index (χ2n) is 3.55. The van der Waals surface area contributed by atoms with E-state index < -0.39 is 0 Å². The molecule has 0 radical (unpaired) electrons. The Morgan fingerprint density at radius 1 is 1.54 bits per heavy atom. The molecule has 13 heavy (non-hydrogen) atoms. The first kappa shape index (κ1) is 9.77. The fraction of sp³-hybridized carbons (Fsp3) is 0.556. The molecule has 4 heteroatoms. The van der Waals surface area contributed by atoms with Crippen molar-refractivity contribution in [3.8, 4) is 0 Å². The third-order valence-electron chi connectivity index (χ3n) is 1.85. The highest BCUT2D eigenvalue weighted by Crippen LogP contribution is 2.12.